The lowest BCUT2D eigenvalue weighted by Gasteiger charge is -2.25. The number of hydrogen-bond acceptors (Lipinski definition) is 7. The number of phenolic OH excluding ortho intramolecular Hbond substituents is 1. The van der Waals surface area contributed by atoms with Crippen LogP contribution in [0.25, 0.3) is 5.76 Å². The third-order valence-corrected chi connectivity index (χ3v) is 5.90. The van der Waals surface area contributed by atoms with E-state index in [0.717, 1.165) is 0 Å². The number of ether oxygens (including phenoxy) is 2. The van der Waals surface area contributed by atoms with E-state index in [0.29, 0.717) is 28.1 Å². The summed E-state index contributed by atoms with van der Waals surface area (Å²) in [6, 6.07) is 18.4. The molecule has 190 valence electrons. The van der Waals surface area contributed by atoms with Gasteiger partial charge in [0.1, 0.15) is 17.3 Å². The lowest BCUT2D eigenvalue weighted by atomic mass is 9.95. The number of carbonyl (C=O) groups is 3. The second kappa shape index (κ2) is 10.6. The Morgan fingerprint density at radius 1 is 1.00 bits per heavy atom. The summed E-state index contributed by atoms with van der Waals surface area (Å²) in [5.41, 5.74) is 1.70. The van der Waals surface area contributed by atoms with E-state index in [2.05, 4.69) is 0 Å². The highest BCUT2D eigenvalue weighted by Gasteiger charge is 2.47. The van der Waals surface area contributed by atoms with Crippen molar-refractivity contribution in [1.29, 1.82) is 0 Å². The zero-order valence-electron chi connectivity index (χ0n) is 20.7. The van der Waals surface area contributed by atoms with Crippen LogP contribution < -0.4 is 9.64 Å². The first kappa shape index (κ1) is 25.5. The van der Waals surface area contributed by atoms with Crippen molar-refractivity contribution in [3.8, 4) is 11.5 Å². The van der Waals surface area contributed by atoms with Crippen molar-refractivity contribution < 1.29 is 34.1 Å². The summed E-state index contributed by atoms with van der Waals surface area (Å²) in [5.74, 6) is -2.00. The highest BCUT2D eigenvalue weighted by Crippen LogP contribution is 2.43. The van der Waals surface area contributed by atoms with E-state index in [1.165, 1.54) is 24.1 Å². The number of amides is 1. The number of methoxy groups -OCH3 is 1. The van der Waals surface area contributed by atoms with Crippen molar-refractivity contribution in [2.75, 3.05) is 12.0 Å². The average Bonchev–Trinajstić information content (AvgIpc) is 3.14. The Balaban J connectivity index is 1.84. The molecule has 4 rings (SSSR count). The van der Waals surface area contributed by atoms with E-state index >= 15 is 0 Å². The van der Waals surface area contributed by atoms with Crippen molar-refractivity contribution in [2.24, 2.45) is 0 Å². The highest BCUT2D eigenvalue weighted by atomic mass is 16.5. The zero-order chi connectivity index (χ0) is 26.7. The largest absolute Gasteiger partial charge is 0.508 e. The second-order valence-corrected chi connectivity index (χ2v) is 8.88. The number of Topliss-reactive ketones (excluding diaryl/α,β-unsaturated/α-hetero) is 1. The van der Waals surface area contributed by atoms with Crippen LogP contribution >= 0.6 is 0 Å². The third kappa shape index (κ3) is 5.33. The molecular weight excluding hydrogens is 474 g/mol. The smallest absolute Gasteiger partial charge is 0.309 e. The average molecular weight is 502 g/mol. The summed E-state index contributed by atoms with van der Waals surface area (Å²) >= 11 is 0. The Kier molecular flexibility index (Phi) is 7.29. The standard InChI is InChI=1S/C29H27NO7/c1-17(2)37-23-9-5-7-20(16-23)27(33)25-26(19-6-4-8-22(31)15-19)30(29(35)28(25)34)21-12-10-18(11-13-21)14-24(32)36-3/h4-13,15-17,26,31,33H,14H2,1-3H3/b27-25-. The van der Waals surface area contributed by atoms with Crippen LogP contribution in [0.1, 0.15) is 36.6 Å². The summed E-state index contributed by atoms with van der Waals surface area (Å²) in [6.45, 7) is 3.74. The molecule has 1 atom stereocenters. The molecule has 0 radical (unpaired) electrons. The number of phenols is 1. The van der Waals surface area contributed by atoms with Crippen LogP contribution in [0.2, 0.25) is 0 Å². The molecule has 0 aromatic heterocycles. The molecule has 2 N–H and O–H groups in total. The van der Waals surface area contributed by atoms with Crippen molar-refractivity contribution in [3.63, 3.8) is 0 Å². The lowest BCUT2D eigenvalue weighted by molar-refractivity contribution is -0.139. The van der Waals surface area contributed by atoms with Crippen LogP contribution in [0.4, 0.5) is 5.69 Å². The molecule has 0 bridgehead atoms. The summed E-state index contributed by atoms with van der Waals surface area (Å²) in [5, 5.41) is 21.5. The van der Waals surface area contributed by atoms with Gasteiger partial charge in [-0.1, -0.05) is 36.4 Å². The number of aliphatic hydroxyl groups excluding tert-OH is 1. The molecule has 1 aliphatic heterocycles. The van der Waals surface area contributed by atoms with Crippen molar-refractivity contribution >= 4 is 29.1 Å². The molecule has 3 aromatic carbocycles. The normalized spacial score (nSPS) is 16.8. The van der Waals surface area contributed by atoms with Gasteiger partial charge in [-0.25, -0.2) is 0 Å². The Morgan fingerprint density at radius 2 is 1.70 bits per heavy atom. The van der Waals surface area contributed by atoms with E-state index in [1.54, 1.807) is 60.7 Å². The molecule has 1 unspecified atom stereocenters. The number of nitrogens with zero attached hydrogens (tertiary/aromatic N) is 1. The van der Waals surface area contributed by atoms with Gasteiger partial charge in [0.25, 0.3) is 11.7 Å². The molecule has 0 saturated carbocycles. The van der Waals surface area contributed by atoms with Crippen LogP contribution in [-0.4, -0.2) is 41.1 Å². The molecule has 1 fully saturated rings. The Morgan fingerprint density at radius 3 is 2.35 bits per heavy atom. The van der Waals surface area contributed by atoms with Crippen molar-refractivity contribution in [3.05, 3.63) is 95.1 Å². The molecule has 1 aliphatic rings. The quantitative estimate of drug-likeness (QED) is 0.212. The van der Waals surface area contributed by atoms with E-state index in [4.69, 9.17) is 9.47 Å². The van der Waals surface area contributed by atoms with Crippen LogP contribution in [0.5, 0.6) is 11.5 Å². The lowest BCUT2D eigenvalue weighted by Crippen LogP contribution is -2.29. The van der Waals surface area contributed by atoms with E-state index in [9.17, 15) is 24.6 Å². The van der Waals surface area contributed by atoms with Crippen molar-refractivity contribution in [1.82, 2.24) is 0 Å². The summed E-state index contributed by atoms with van der Waals surface area (Å²) in [6.07, 6.45) is -0.0437. The number of aliphatic hydroxyl groups is 1. The van der Waals surface area contributed by atoms with Crippen LogP contribution in [0, 0.1) is 0 Å². The molecular formula is C29H27NO7. The molecule has 8 nitrogen and oxygen atoms in total. The van der Waals surface area contributed by atoms with Crippen LogP contribution in [0.15, 0.2) is 78.4 Å². The minimum absolute atomic E-state index is 0.0520. The number of anilines is 1. The fourth-order valence-corrected chi connectivity index (χ4v) is 4.27. The first-order chi connectivity index (χ1) is 17.7. The second-order valence-electron chi connectivity index (χ2n) is 8.88. The van der Waals surface area contributed by atoms with E-state index in [-0.39, 0.29) is 29.6 Å². The fraction of sp³-hybridized carbons (Fsp3) is 0.207. The Hall–Kier alpha value is -4.59. The topological polar surface area (TPSA) is 113 Å². The molecule has 1 heterocycles. The maximum atomic E-state index is 13.3. The summed E-state index contributed by atoms with van der Waals surface area (Å²) in [4.78, 5) is 39.5. The molecule has 37 heavy (non-hydrogen) atoms. The van der Waals surface area contributed by atoms with E-state index in [1.807, 2.05) is 13.8 Å². The number of ketones is 1. The highest BCUT2D eigenvalue weighted by molar-refractivity contribution is 6.51. The molecule has 1 amide bonds. The minimum Gasteiger partial charge on any atom is -0.508 e. The van der Waals surface area contributed by atoms with Gasteiger partial charge in [0.15, 0.2) is 0 Å². The molecule has 1 saturated heterocycles. The van der Waals surface area contributed by atoms with Gasteiger partial charge in [-0.2, -0.15) is 0 Å². The number of rotatable bonds is 7. The molecule has 3 aromatic rings. The Labute approximate surface area is 214 Å². The number of carbonyl (C=O) groups excluding carboxylic acids is 3. The summed E-state index contributed by atoms with van der Waals surface area (Å²) < 4.78 is 10.4. The first-order valence-electron chi connectivity index (χ1n) is 11.7. The number of aromatic hydroxyl groups is 1. The third-order valence-electron chi connectivity index (χ3n) is 5.90. The number of hydrogen-bond donors (Lipinski definition) is 2. The number of esters is 1. The van der Waals surface area contributed by atoms with Gasteiger partial charge in [-0.15, -0.1) is 0 Å². The van der Waals surface area contributed by atoms with Crippen LogP contribution in [-0.2, 0) is 25.5 Å². The zero-order valence-corrected chi connectivity index (χ0v) is 20.7. The van der Waals surface area contributed by atoms with Gasteiger partial charge in [0.2, 0.25) is 0 Å². The fourth-order valence-electron chi connectivity index (χ4n) is 4.27. The maximum Gasteiger partial charge on any atom is 0.309 e. The summed E-state index contributed by atoms with van der Waals surface area (Å²) in [7, 11) is 1.30. The maximum absolute atomic E-state index is 13.3. The van der Waals surface area contributed by atoms with Gasteiger partial charge in [-0.3, -0.25) is 19.3 Å². The Bertz CT molecular complexity index is 1380. The number of benzene rings is 3. The first-order valence-corrected chi connectivity index (χ1v) is 11.7. The van der Waals surface area contributed by atoms with Gasteiger partial charge in [-0.05, 0) is 61.4 Å². The van der Waals surface area contributed by atoms with Gasteiger partial charge < -0.3 is 19.7 Å². The predicted octanol–water partition coefficient (Wildman–Crippen LogP) is 4.52. The van der Waals surface area contributed by atoms with Crippen LogP contribution in [0.3, 0.4) is 0 Å². The monoisotopic (exact) mass is 501 g/mol. The minimum atomic E-state index is -1.01. The molecule has 0 aliphatic carbocycles. The van der Waals surface area contributed by atoms with Gasteiger partial charge in [0, 0.05) is 11.3 Å². The van der Waals surface area contributed by atoms with Gasteiger partial charge in [0.05, 0.1) is 31.2 Å². The predicted molar refractivity (Wildman–Crippen MR) is 137 cm³/mol. The van der Waals surface area contributed by atoms with E-state index < -0.39 is 23.7 Å². The SMILES string of the molecule is COC(=O)Cc1ccc(N2C(=O)C(=O)/C(=C(\O)c3cccc(OC(C)C)c3)C2c2cccc(O)c2)cc1. The van der Waals surface area contributed by atoms with Gasteiger partial charge >= 0.3 is 5.97 Å². The van der Waals surface area contributed by atoms with Crippen molar-refractivity contribution in [2.45, 2.75) is 32.4 Å². The molecule has 8 heteroatoms. The molecule has 0 spiro atoms.